The second-order valence-corrected chi connectivity index (χ2v) is 13.3. The normalized spacial score (nSPS) is 22.0. The molecule has 1 aliphatic carbocycles. The molecule has 4 nitrogen and oxygen atoms in total. The van der Waals surface area contributed by atoms with E-state index in [9.17, 15) is 9.90 Å². The van der Waals surface area contributed by atoms with E-state index in [1.54, 1.807) is 6.08 Å². The first-order chi connectivity index (χ1) is 14.2. The zero-order chi connectivity index (χ0) is 24.7. The summed E-state index contributed by atoms with van der Waals surface area (Å²) in [6, 6.07) is 4.24. The highest BCUT2D eigenvalue weighted by molar-refractivity contribution is 6.09. The van der Waals surface area contributed by atoms with Crippen LogP contribution in [0.1, 0.15) is 94.2 Å². The third-order valence-corrected chi connectivity index (χ3v) is 6.18. The molecule has 1 heterocycles. The molecular weight excluding hydrogens is 400 g/mol. The lowest BCUT2D eigenvalue weighted by molar-refractivity contribution is -0.117. The summed E-state index contributed by atoms with van der Waals surface area (Å²) in [5.74, 6) is -0.666. The Bertz CT molecular complexity index is 1030. The molecule has 0 amide bonds. The Morgan fingerprint density at radius 1 is 0.750 bits per heavy atom. The number of hydrogen-bond acceptors (Lipinski definition) is 4. The van der Waals surface area contributed by atoms with Crippen LogP contribution in [0.5, 0.6) is 11.5 Å². The molecule has 4 heteroatoms. The Labute approximate surface area is 193 Å². The molecule has 0 radical (unpaired) electrons. The van der Waals surface area contributed by atoms with Crippen molar-refractivity contribution in [3.63, 3.8) is 0 Å². The number of carbonyl (C=O) groups is 1. The number of allylic oxidation sites excluding steroid dienone is 1. The maximum absolute atomic E-state index is 13.2. The Morgan fingerprint density at radius 3 is 1.75 bits per heavy atom. The van der Waals surface area contributed by atoms with Crippen LogP contribution in [0.15, 0.2) is 35.1 Å². The van der Waals surface area contributed by atoms with Crippen molar-refractivity contribution in [2.24, 2.45) is 10.8 Å². The minimum Gasteiger partial charge on any atom is -0.504 e. The lowest BCUT2D eigenvalue weighted by Gasteiger charge is -2.40. The fourth-order valence-corrected chi connectivity index (χ4v) is 4.44. The van der Waals surface area contributed by atoms with Gasteiger partial charge in [-0.05, 0) is 33.3 Å². The Morgan fingerprint density at radius 2 is 1.31 bits per heavy atom. The Balaban J connectivity index is 2.34. The van der Waals surface area contributed by atoms with Crippen molar-refractivity contribution in [2.75, 3.05) is 0 Å². The number of aliphatic hydroxyl groups is 1. The number of fused-ring (bicyclic) bond motifs is 1. The lowest BCUT2D eigenvalue weighted by Crippen LogP contribution is -2.48. The van der Waals surface area contributed by atoms with E-state index >= 15 is 0 Å². The van der Waals surface area contributed by atoms with Crippen molar-refractivity contribution in [1.82, 2.24) is 0 Å². The number of rotatable bonds is 0. The average molecular weight is 441 g/mol. The summed E-state index contributed by atoms with van der Waals surface area (Å²) in [5, 5.41) is 11.2. The average Bonchev–Trinajstić information content (AvgIpc) is 2.91. The third kappa shape index (κ3) is 3.97. The highest BCUT2D eigenvalue weighted by Gasteiger charge is 2.55. The van der Waals surface area contributed by atoms with Crippen LogP contribution in [0.25, 0.3) is 0 Å². The van der Waals surface area contributed by atoms with Crippen LogP contribution in [0.4, 0.5) is 0 Å². The molecule has 32 heavy (non-hydrogen) atoms. The fraction of sp³-hybridized carbons (Fsp3) is 0.607. The van der Waals surface area contributed by atoms with Gasteiger partial charge in [-0.2, -0.15) is 0 Å². The highest BCUT2D eigenvalue weighted by Crippen LogP contribution is 2.55. The number of aliphatic hydroxyl groups excluding tert-OH is 1. The minimum atomic E-state index is -1.36. The van der Waals surface area contributed by atoms with Gasteiger partial charge in [0.1, 0.15) is 0 Å². The molecule has 1 spiro atoms. The summed E-state index contributed by atoms with van der Waals surface area (Å²) in [5.41, 5.74) is 1.85. The summed E-state index contributed by atoms with van der Waals surface area (Å²) in [7, 11) is 0. The molecular formula is C28H40O4. The monoisotopic (exact) mass is 440 g/mol. The molecule has 1 atom stereocenters. The van der Waals surface area contributed by atoms with Crippen molar-refractivity contribution >= 4 is 5.78 Å². The Kier molecular flexibility index (Phi) is 5.25. The summed E-state index contributed by atoms with van der Waals surface area (Å²) in [4.78, 5) is 13.2. The molecule has 0 fully saturated rings. The molecule has 3 rings (SSSR count). The smallest absolute Gasteiger partial charge is 0.299 e. The molecule has 1 N–H and O–H groups in total. The molecule has 1 aromatic rings. The molecule has 0 unspecified atom stereocenters. The van der Waals surface area contributed by atoms with Crippen LogP contribution in [-0.2, 0) is 15.6 Å². The SMILES string of the molecule is CC(C)(C)C1=C[C@]2(Oc3cc(C(C)(C)C)cc(C(C)(C)C)c3O2)C(C(C)(C)C)=C(O)C1=O. The number of benzene rings is 1. The van der Waals surface area contributed by atoms with Crippen molar-refractivity contribution < 1.29 is 19.4 Å². The standard InChI is InChI=1S/C28H40O4/c1-24(2,3)16-13-17(25(4,5)6)22-19(14-16)31-28(32-22)15-18(26(7,8)9)20(29)21(30)23(28)27(10,11)12/h13-15,30H,1-12H3/t28-/m1/s1. The molecule has 1 aromatic carbocycles. The van der Waals surface area contributed by atoms with Crippen molar-refractivity contribution in [1.29, 1.82) is 0 Å². The van der Waals surface area contributed by atoms with Gasteiger partial charge in [0.2, 0.25) is 5.78 Å². The van der Waals surface area contributed by atoms with E-state index in [4.69, 9.17) is 9.47 Å². The molecule has 0 saturated carbocycles. The molecule has 0 bridgehead atoms. The maximum Gasteiger partial charge on any atom is 0.299 e. The molecule has 2 aliphatic rings. The van der Waals surface area contributed by atoms with Gasteiger partial charge in [0.25, 0.3) is 5.79 Å². The quantitative estimate of drug-likeness (QED) is 0.465. The van der Waals surface area contributed by atoms with Gasteiger partial charge < -0.3 is 14.6 Å². The van der Waals surface area contributed by atoms with Crippen LogP contribution in [-0.4, -0.2) is 16.7 Å². The highest BCUT2D eigenvalue weighted by atomic mass is 16.7. The van der Waals surface area contributed by atoms with Gasteiger partial charge in [-0.15, -0.1) is 0 Å². The van der Waals surface area contributed by atoms with Crippen LogP contribution in [0.3, 0.4) is 0 Å². The first kappa shape index (κ1) is 24.4. The van der Waals surface area contributed by atoms with E-state index in [1.807, 2.05) is 47.6 Å². The number of carbonyl (C=O) groups excluding carboxylic acids is 1. The maximum atomic E-state index is 13.2. The zero-order valence-corrected chi connectivity index (χ0v) is 21.9. The number of ketones is 1. The summed E-state index contributed by atoms with van der Waals surface area (Å²) < 4.78 is 13.3. The first-order valence-electron chi connectivity index (χ1n) is 11.5. The Hall–Kier alpha value is -2.23. The third-order valence-electron chi connectivity index (χ3n) is 6.18. The van der Waals surface area contributed by atoms with E-state index in [0.717, 1.165) is 11.1 Å². The molecule has 0 saturated heterocycles. The summed E-state index contributed by atoms with van der Waals surface area (Å²) in [6.45, 7) is 24.8. The second-order valence-electron chi connectivity index (χ2n) is 13.3. The van der Waals surface area contributed by atoms with E-state index in [2.05, 4.69) is 47.6 Å². The van der Waals surface area contributed by atoms with Crippen molar-refractivity contribution in [2.45, 2.75) is 99.7 Å². The topological polar surface area (TPSA) is 55.8 Å². The number of hydrogen-bond donors (Lipinski definition) is 1. The van der Waals surface area contributed by atoms with Gasteiger partial charge in [0, 0.05) is 17.2 Å². The number of ether oxygens (including phenoxy) is 2. The number of Topliss-reactive ketones (excluding diaryl/α,β-unsaturated/α-hetero) is 1. The first-order valence-corrected chi connectivity index (χ1v) is 11.5. The van der Waals surface area contributed by atoms with Gasteiger partial charge >= 0.3 is 0 Å². The molecule has 0 aromatic heterocycles. The summed E-state index contributed by atoms with van der Waals surface area (Å²) >= 11 is 0. The van der Waals surface area contributed by atoms with Crippen molar-refractivity contribution in [3.8, 4) is 11.5 Å². The molecule has 1 aliphatic heterocycles. The van der Waals surface area contributed by atoms with E-state index in [0.29, 0.717) is 22.6 Å². The van der Waals surface area contributed by atoms with E-state index < -0.39 is 16.6 Å². The predicted molar refractivity (Wildman–Crippen MR) is 129 cm³/mol. The summed E-state index contributed by atoms with van der Waals surface area (Å²) in [6.07, 6.45) is 1.79. The largest absolute Gasteiger partial charge is 0.504 e. The minimum absolute atomic E-state index is 0.0755. The van der Waals surface area contributed by atoms with Gasteiger partial charge in [-0.3, -0.25) is 4.79 Å². The van der Waals surface area contributed by atoms with E-state index in [1.165, 1.54) is 0 Å². The second kappa shape index (κ2) is 6.88. The van der Waals surface area contributed by atoms with Crippen LogP contribution >= 0.6 is 0 Å². The lowest BCUT2D eigenvalue weighted by atomic mass is 9.71. The van der Waals surface area contributed by atoms with Crippen LogP contribution in [0.2, 0.25) is 0 Å². The van der Waals surface area contributed by atoms with Gasteiger partial charge in [-0.1, -0.05) is 89.2 Å². The fourth-order valence-electron chi connectivity index (χ4n) is 4.44. The predicted octanol–water partition coefficient (Wildman–Crippen LogP) is 7.16. The van der Waals surface area contributed by atoms with Gasteiger partial charge in [0.15, 0.2) is 17.3 Å². The van der Waals surface area contributed by atoms with Crippen LogP contribution < -0.4 is 9.47 Å². The van der Waals surface area contributed by atoms with Crippen molar-refractivity contribution in [3.05, 3.63) is 46.2 Å². The molecule has 176 valence electrons. The van der Waals surface area contributed by atoms with Gasteiger partial charge in [-0.25, -0.2) is 0 Å². The van der Waals surface area contributed by atoms with Crippen LogP contribution in [0, 0.1) is 10.8 Å². The van der Waals surface area contributed by atoms with E-state index in [-0.39, 0.29) is 22.4 Å². The van der Waals surface area contributed by atoms with Gasteiger partial charge in [0.05, 0.1) is 5.57 Å². The zero-order valence-electron chi connectivity index (χ0n) is 21.9.